The van der Waals surface area contributed by atoms with Crippen molar-refractivity contribution in [1.82, 2.24) is 9.97 Å². The van der Waals surface area contributed by atoms with Crippen LogP contribution in [0.2, 0.25) is 0 Å². The maximum Gasteiger partial charge on any atom is 0.144 e. The van der Waals surface area contributed by atoms with Gasteiger partial charge in [-0.15, -0.1) is 0 Å². The summed E-state index contributed by atoms with van der Waals surface area (Å²) >= 11 is 3.62. The number of nitrogens with one attached hydrogen (secondary N) is 1. The van der Waals surface area contributed by atoms with E-state index in [9.17, 15) is 0 Å². The molecule has 0 fully saturated rings. The first kappa shape index (κ1) is 16.4. The molecule has 0 bridgehead atoms. The van der Waals surface area contributed by atoms with Crippen LogP contribution in [0.25, 0.3) is 0 Å². The predicted molar refractivity (Wildman–Crippen MR) is 82.6 cm³/mol. The summed E-state index contributed by atoms with van der Waals surface area (Å²) in [6, 6.07) is 0. The van der Waals surface area contributed by atoms with E-state index in [0.717, 1.165) is 47.6 Å². The fourth-order valence-electron chi connectivity index (χ4n) is 1.73. The van der Waals surface area contributed by atoms with Crippen LogP contribution in [0.5, 0.6) is 0 Å². The summed E-state index contributed by atoms with van der Waals surface area (Å²) in [5.74, 6) is 2.32. The second-order valence-electron chi connectivity index (χ2n) is 5.02. The minimum atomic E-state index is 0.570. The molecule has 1 N–H and O–H groups in total. The molecule has 1 aromatic heterocycles. The van der Waals surface area contributed by atoms with Crippen LogP contribution in [-0.4, -0.2) is 30.2 Å². The zero-order valence-electron chi connectivity index (χ0n) is 12.3. The lowest BCUT2D eigenvalue weighted by molar-refractivity contribution is 0.200. The van der Waals surface area contributed by atoms with Crippen LogP contribution in [0.3, 0.4) is 0 Å². The Bertz CT molecular complexity index is 397. The lowest BCUT2D eigenvalue weighted by Crippen LogP contribution is -2.11. The van der Waals surface area contributed by atoms with Gasteiger partial charge in [0, 0.05) is 20.1 Å². The molecule has 4 nitrogen and oxygen atoms in total. The standard InChI is InChI=1S/C14H24BrN3O/c1-5-7-16-14-13(15)11(9-10(2)3)17-12(18-14)6-8-19-4/h10H,5-9H2,1-4H3,(H,16,17,18). The Morgan fingerprint density at radius 1 is 1.32 bits per heavy atom. The molecular formula is C14H24BrN3O. The molecule has 0 saturated heterocycles. The Hall–Kier alpha value is -0.680. The Morgan fingerprint density at radius 3 is 2.63 bits per heavy atom. The maximum absolute atomic E-state index is 5.11. The number of rotatable bonds is 8. The maximum atomic E-state index is 5.11. The number of hydrogen-bond acceptors (Lipinski definition) is 4. The summed E-state index contributed by atoms with van der Waals surface area (Å²) in [6.07, 6.45) is 2.77. The molecule has 1 heterocycles. The third kappa shape index (κ3) is 5.45. The third-order valence-electron chi connectivity index (χ3n) is 2.64. The highest BCUT2D eigenvalue weighted by Gasteiger charge is 2.13. The smallest absolute Gasteiger partial charge is 0.144 e. The van der Waals surface area contributed by atoms with Crippen molar-refractivity contribution in [2.75, 3.05) is 25.6 Å². The molecule has 19 heavy (non-hydrogen) atoms. The number of hydrogen-bond donors (Lipinski definition) is 1. The van der Waals surface area contributed by atoms with Crippen LogP contribution in [0.1, 0.15) is 38.7 Å². The fraction of sp³-hybridized carbons (Fsp3) is 0.714. The summed E-state index contributed by atoms with van der Waals surface area (Å²) in [7, 11) is 1.70. The van der Waals surface area contributed by atoms with Gasteiger partial charge < -0.3 is 10.1 Å². The first-order chi connectivity index (χ1) is 9.08. The quantitative estimate of drug-likeness (QED) is 0.793. The highest BCUT2D eigenvalue weighted by molar-refractivity contribution is 9.10. The topological polar surface area (TPSA) is 47.0 Å². The summed E-state index contributed by atoms with van der Waals surface area (Å²) < 4.78 is 6.10. The molecule has 0 aliphatic rings. The number of anilines is 1. The van der Waals surface area contributed by atoms with E-state index in [2.05, 4.69) is 52.0 Å². The summed E-state index contributed by atoms with van der Waals surface area (Å²) in [5.41, 5.74) is 1.08. The number of halogens is 1. The van der Waals surface area contributed by atoms with Crippen LogP contribution in [0.15, 0.2) is 4.47 Å². The van der Waals surface area contributed by atoms with E-state index < -0.39 is 0 Å². The van der Waals surface area contributed by atoms with E-state index in [1.807, 2.05) is 0 Å². The van der Waals surface area contributed by atoms with Crippen LogP contribution in [0.4, 0.5) is 5.82 Å². The molecule has 0 aliphatic carbocycles. The molecule has 0 spiro atoms. The summed E-state index contributed by atoms with van der Waals surface area (Å²) in [6.45, 7) is 8.10. The normalized spacial score (nSPS) is 11.1. The summed E-state index contributed by atoms with van der Waals surface area (Å²) in [5, 5.41) is 3.35. The molecule has 0 atom stereocenters. The Labute approximate surface area is 124 Å². The van der Waals surface area contributed by atoms with Gasteiger partial charge in [0.25, 0.3) is 0 Å². The number of ether oxygens (including phenoxy) is 1. The van der Waals surface area contributed by atoms with Crippen molar-refractivity contribution in [1.29, 1.82) is 0 Å². The Balaban J connectivity index is 2.99. The van der Waals surface area contributed by atoms with Gasteiger partial charge in [-0.2, -0.15) is 0 Å². The molecule has 0 radical (unpaired) electrons. The third-order valence-corrected chi connectivity index (χ3v) is 3.47. The molecule has 0 aromatic carbocycles. The molecular weight excluding hydrogens is 306 g/mol. The van der Waals surface area contributed by atoms with Gasteiger partial charge in [0.15, 0.2) is 0 Å². The minimum Gasteiger partial charge on any atom is -0.384 e. The number of nitrogens with zero attached hydrogens (tertiary/aromatic N) is 2. The van der Waals surface area contributed by atoms with Gasteiger partial charge in [0.2, 0.25) is 0 Å². The van der Waals surface area contributed by atoms with Gasteiger partial charge in [-0.3, -0.25) is 0 Å². The summed E-state index contributed by atoms with van der Waals surface area (Å²) in [4.78, 5) is 9.21. The minimum absolute atomic E-state index is 0.570. The SMILES string of the molecule is CCCNc1nc(CCOC)nc(CC(C)C)c1Br. The first-order valence-corrected chi connectivity index (χ1v) is 7.65. The molecule has 0 amide bonds. The van der Waals surface area contributed by atoms with Crippen molar-refractivity contribution in [3.05, 3.63) is 16.0 Å². The first-order valence-electron chi connectivity index (χ1n) is 6.86. The Kier molecular flexibility index (Phi) is 7.31. The molecule has 1 rings (SSSR count). The molecule has 0 aliphatic heterocycles. The largest absolute Gasteiger partial charge is 0.384 e. The zero-order valence-corrected chi connectivity index (χ0v) is 13.9. The molecule has 0 unspecified atom stereocenters. The number of methoxy groups -OCH3 is 1. The fourth-order valence-corrected chi connectivity index (χ4v) is 2.21. The van der Waals surface area contributed by atoms with E-state index in [-0.39, 0.29) is 0 Å². The second-order valence-corrected chi connectivity index (χ2v) is 5.81. The average Bonchev–Trinajstić information content (AvgIpc) is 2.37. The van der Waals surface area contributed by atoms with Gasteiger partial charge in [0.1, 0.15) is 11.6 Å². The second kappa shape index (κ2) is 8.48. The van der Waals surface area contributed by atoms with Crippen molar-refractivity contribution in [2.45, 2.75) is 40.0 Å². The van der Waals surface area contributed by atoms with Crippen molar-refractivity contribution in [2.24, 2.45) is 5.92 Å². The van der Waals surface area contributed by atoms with E-state index >= 15 is 0 Å². The van der Waals surface area contributed by atoms with Crippen LogP contribution < -0.4 is 5.32 Å². The van der Waals surface area contributed by atoms with Crippen LogP contribution in [-0.2, 0) is 17.6 Å². The van der Waals surface area contributed by atoms with Gasteiger partial charge in [0.05, 0.1) is 16.8 Å². The lowest BCUT2D eigenvalue weighted by Gasteiger charge is -2.14. The van der Waals surface area contributed by atoms with Crippen LogP contribution >= 0.6 is 15.9 Å². The predicted octanol–water partition coefficient (Wildman–Crippen LogP) is 3.45. The van der Waals surface area contributed by atoms with Gasteiger partial charge >= 0.3 is 0 Å². The number of aromatic nitrogens is 2. The molecule has 1 aromatic rings. The van der Waals surface area contributed by atoms with E-state index in [0.29, 0.717) is 12.5 Å². The highest BCUT2D eigenvalue weighted by atomic mass is 79.9. The lowest BCUT2D eigenvalue weighted by atomic mass is 10.1. The van der Waals surface area contributed by atoms with Gasteiger partial charge in [-0.25, -0.2) is 9.97 Å². The van der Waals surface area contributed by atoms with E-state index in [1.54, 1.807) is 7.11 Å². The molecule has 108 valence electrons. The zero-order chi connectivity index (χ0) is 14.3. The monoisotopic (exact) mass is 329 g/mol. The highest BCUT2D eigenvalue weighted by Crippen LogP contribution is 2.25. The van der Waals surface area contributed by atoms with Gasteiger partial charge in [-0.1, -0.05) is 20.8 Å². The van der Waals surface area contributed by atoms with E-state index in [1.165, 1.54) is 0 Å². The molecule has 5 heteroatoms. The van der Waals surface area contributed by atoms with Crippen molar-refractivity contribution in [3.8, 4) is 0 Å². The average molecular weight is 330 g/mol. The van der Waals surface area contributed by atoms with Crippen LogP contribution in [0, 0.1) is 5.92 Å². The van der Waals surface area contributed by atoms with Crippen molar-refractivity contribution >= 4 is 21.7 Å². The Morgan fingerprint density at radius 2 is 2.05 bits per heavy atom. The van der Waals surface area contributed by atoms with Gasteiger partial charge in [-0.05, 0) is 34.7 Å². The van der Waals surface area contributed by atoms with E-state index in [4.69, 9.17) is 4.74 Å². The molecule has 0 saturated carbocycles. The van der Waals surface area contributed by atoms with Crippen molar-refractivity contribution < 1.29 is 4.74 Å². The van der Waals surface area contributed by atoms with Crippen molar-refractivity contribution in [3.63, 3.8) is 0 Å².